The van der Waals surface area contributed by atoms with Gasteiger partial charge in [0, 0.05) is 11.6 Å². The normalized spacial score (nSPS) is 11.9. The highest BCUT2D eigenvalue weighted by molar-refractivity contribution is 7.90. The lowest BCUT2D eigenvalue weighted by Crippen LogP contribution is -2.13. The lowest BCUT2D eigenvalue weighted by molar-refractivity contribution is 0.588. The number of rotatable bonds is 2. The maximum Gasteiger partial charge on any atom is 0.268 e. The van der Waals surface area contributed by atoms with Gasteiger partial charge in [-0.05, 0) is 30.7 Å². The molecule has 0 fully saturated rings. The minimum absolute atomic E-state index is 0.289. The van der Waals surface area contributed by atoms with Crippen molar-refractivity contribution in [1.82, 2.24) is 3.97 Å². The fourth-order valence-electron chi connectivity index (χ4n) is 2.27. The van der Waals surface area contributed by atoms with Gasteiger partial charge < -0.3 is 0 Å². The summed E-state index contributed by atoms with van der Waals surface area (Å²) in [6, 6.07) is 14.0. The van der Waals surface area contributed by atoms with E-state index in [0.717, 1.165) is 5.39 Å². The van der Waals surface area contributed by atoms with Crippen molar-refractivity contribution in [2.45, 2.75) is 11.8 Å². The smallest absolute Gasteiger partial charge is 0.240 e. The van der Waals surface area contributed by atoms with Crippen LogP contribution in [0.2, 0.25) is 5.02 Å². The zero-order valence-electron chi connectivity index (χ0n) is 10.7. The standard InChI is InChI=1S/C15H12ClNO2S/c1-11-5-2-3-8-14(11)20(18,19)17-10-9-12-6-4-7-13(16)15(12)17/h2-10H,1H3. The van der Waals surface area contributed by atoms with Crippen molar-refractivity contribution >= 4 is 32.5 Å². The van der Waals surface area contributed by atoms with Crippen molar-refractivity contribution in [3.8, 4) is 0 Å². The average Bonchev–Trinajstić information content (AvgIpc) is 2.85. The molecule has 2 aromatic carbocycles. The molecule has 3 aromatic rings. The molecule has 0 atom stereocenters. The molecular formula is C15H12ClNO2S. The van der Waals surface area contributed by atoms with Gasteiger partial charge in [0.15, 0.2) is 0 Å². The summed E-state index contributed by atoms with van der Waals surface area (Å²) in [6.45, 7) is 1.78. The van der Waals surface area contributed by atoms with Crippen LogP contribution in [0.1, 0.15) is 5.56 Å². The summed E-state index contributed by atoms with van der Waals surface area (Å²) in [4.78, 5) is 0.289. The second kappa shape index (κ2) is 4.65. The van der Waals surface area contributed by atoms with E-state index in [9.17, 15) is 8.42 Å². The molecule has 0 saturated carbocycles. The van der Waals surface area contributed by atoms with Crippen molar-refractivity contribution in [3.05, 3.63) is 65.3 Å². The highest BCUT2D eigenvalue weighted by atomic mass is 35.5. The third kappa shape index (κ3) is 1.92. The minimum Gasteiger partial charge on any atom is -0.240 e. The summed E-state index contributed by atoms with van der Waals surface area (Å²) in [5.41, 5.74) is 1.22. The van der Waals surface area contributed by atoms with Crippen molar-refractivity contribution in [1.29, 1.82) is 0 Å². The predicted molar refractivity (Wildman–Crippen MR) is 80.7 cm³/mol. The van der Waals surface area contributed by atoms with E-state index in [1.165, 1.54) is 3.97 Å². The Morgan fingerprint density at radius 2 is 1.75 bits per heavy atom. The second-order valence-electron chi connectivity index (χ2n) is 4.56. The molecular weight excluding hydrogens is 294 g/mol. The Bertz CT molecular complexity index is 897. The van der Waals surface area contributed by atoms with Gasteiger partial charge in [0.1, 0.15) is 0 Å². The first-order chi connectivity index (χ1) is 9.51. The Hall–Kier alpha value is -1.78. The molecule has 0 N–H and O–H groups in total. The molecule has 102 valence electrons. The number of hydrogen-bond acceptors (Lipinski definition) is 2. The number of para-hydroxylation sites is 1. The first-order valence-electron chi connectivity index (χ1n) is 6.08. The summed E-state index contributed by atoms with van der Waals surface area (Å²) in [5, 5.41) is 1.22. The summed E-state index contributed by atoms with van der Waals surface area (Å²) in [6.07, 6.45) is 1.54. The molecule has 0 radical (unpaired) electrons. The van der Waals surface area contributed by atoms with E-state index in [-0.39, 0.29) is 4.90 Å². The van der Waals surface area contributed by atoms with E-state index in [4.69, 9.17) is 11.6 Å². The number of nitrogens with zero attached hydrogens (tertiary/aromatic N) is 1. The fourth-order valence-corrected chi connectivity index (χ4v) is 4.20. The van der Waals surface area contributed by atoms with Gasteiger partial charge in [-0.2, -0.15) is 0 Å². The van der Waals surface area contributed by atoms with Crippen LogP contribution >= 0.6 is 11.6 Å². The van der Waals surface area contributed by atoms with Crippen molar-refractivity contribution in [2.24, 2.45) is 0 Å². The number of aromatic nitrogens is 1. The van der Waals surface area contributed by atoms with Crippen LogP contribution in [0, 0.1) is 6.92 Å². The van der Waals surface area contributed by atoms with Gasteiger partial charge in [-0.3, -0.25) is 0 Å². The Balaban J connectivity index is 2.33. The topological polar surface area (TPSA) is 39.1 Å². The maximum atomic E-state index is 12.8. The van der Waals surface area contributed by atoms with Crippen LogP contribution in [0.4, 0.5) is 0 Å². The van der Waals surface area contributed by atoms with Crippen LogP contribution in [-0.4, -0.2) is 12.4 Å². The van der Waals surface area contributed by atoms with Crippen LogP contribution in [0.25, 0.3) is 10.9 Å². The van der Waals surface area contributed by atoms with E-state index in [1.807, 2.05) is 12.1 Å². The van der Waals surface area contributed by atoms with E-state index < -0.39 is 10.0 Å². The highest BCUT2D eigenvalue weighted by Gasteiger charge is 2.21. The zero-order valence-corrected chi connectivity index (χ0v) is 12.3. The second-order valence-corrected chi connectivity index (χ2v) is 6.75. The van der Waals surface area contributed by atoms with Crippen molar-refractivity contribution in [2.75, 3.05) is 0 Å². The van der Waals surface area contributed by atoms with Crippen molar-refractivity contribution < 1.29 is 8.42 Å². The maximum absolute atomic E-state index is 12.8. The van der Waals surface area contributed by atoms with Crippen LogP contribution in [0.5, 0.6) is 0 Å². The molecule has 0 amide bonds. The SMILES string of the molecule is Cc1ccccc1S(=O)(=O)n1ccc2cccc(Cl)c21. The van der Waals surface area contributed by atoms with E-state index in [0.29, 0.717) is 16.1 Å². The molecule has 0 unspecified atom stereocenters. The first-order valence-corrected chi connectivity index (χ1v) is 7.90. The van der Waals surface area contributed by atoms with Crippen LogP contribution < -0.4 is 0 Å². The Morgan fingerprint density at radius 3 is 2.50 bits per heavy atom. The monoisotopic (exact) mass is 305 g/mol. The Labute approximate surface area is 122 Å². The van der Waals surface area contributed by atoms with Crippen molar-refractivity contribution in [3.63, 3.8) is 0 Å². The van der Waals surface area contributed by atoms with Gasteiger partial charge in [-0.15, -0.1) is 0 Å². The number of fused-ring (bicyclic) bond motifs is 1. The first kappa shape index (κ1) is 13.2. The predicted octanol–water partition coefficient (Wildman–Crippen LogP) is 3.84. The fraction of sp³-hybridized carbons (Fsp3) is 0.0667. The summed E-state index contributed by atoms with van der Waals surface area (Å²) in [7, 11) is -3.64. The van der Waals surface area contributed by atoms with Crippen LogP contribution in [0.3, 0.4) is 0 Å². The third-order valence-corrected chi connectivity index (χ3v) is 5.40. The van der Waals surface area contributed by atoms with E-state index in [2.05, 4.69) is 0 Å². The Kier molecular flexibility index (Phi) is 3.07. The molecule has 0 bridgehead atoms. The number of hydrogen-bond donors (Lipinski definition) is 0. The molecule has 5 heteroatoms. The average molecular weight is 306 g/mol. The van der Waals surface area contributed by atoms with Crippen LogP contribution in [0.15, 0.2) is 59.6 Å². The van der Waals surface area contributed by atoms with Gasteiger partial charge in [-0.25, -0.2) is 12.4 Å². The summed E-state index contributed by atoms with van der Waals surface area (Å²) in [5.74, 6) is 0. The van der Waals surface area contributed by atoms with Gasteiger partial charge in [0.2, 0.25) is 0 Å². The molecule has 0 spiro atoms. The minimum atomic E-state index is -3.64. The van der Waals surface area contributed by atoms with E-state index in [1.54, 1.807) is 49.5 Å². The molecule has 0 aliphatic rings. The third-order valence-electron chi connectivity index (χ3n) is 3.26. The molecule has 1 aromatic heterocycles. The van der Waals surface area contributed by atoms with Crippen LogP contribution in [-0.2, 0) is 10.0 Å². The number of aryl methyl sites for hydroxylation is 1. The zero-order chi connectivity index (χ0) is 14.3. The van der Waals surface area contributed by atoms with Gasteiger partial charge in [-0.1, -0.05) is 41.9 Å². The summed E-state index contributed by atoms with van der Waals surface area (Å²) >= 11 is 6.15. The number of halogens is 1. The molecule has 0 aliphatic carbocycles. The molecule has 20 heavy (non-hydrogen) atoms. The molecule has 0 aliphatic heterocycles. The van der Waals surface area contributed by atoms with Gasteiger partial charge >= 0.3 is 0 Å². The van der Waals surface area contributed by atoms with Gasteiger partial charge in [0.25, 0.3) is 10.0 Å². The molecule has 3 nitrogen and oxygen atoms in total. The number of benzene rings is 2. The van der Waals surface area contributed by atoms with Gasteiger partial charge in [0.05, 0.1) is 15.4 Å². The van der Waals surface area contributed by atoms with E-state index >= 15 is 0 Å². The lowest BCUT2D eigenvalue weighted by atomic mass is 10.2. The molecule has 3 rings (SSSR count). The molecule has 0 saturated heterocycles. The Morgan fingerprint density at radius 1 is 1.00 bits per heavy atom. The summed E-state index contributed by atoms with van der Waals surface area (Å²) < 4.78 is 26.8. The highest BCUT2D eigenvalue weighted by Crippen LogP contribution is 2.28. The molecule has 1 heterocycles. The largest absolute Gasteiger partial charge is 0.268 e. The lowest BCUT2D eigenvalue weighted by Gasteiger charge is -2.10. The quantitative estimate of drug-likeness (QED) is 0.721.